The molecule has 0 atom stereocenters. The molecule has 1 amide bonds. The SMILES string of the molecule is O=C(NC(=S)N1CCN(c2ccc([N+](=O)[O-])c(N3CCOCC3)c2)CC1)c1ccc(-c2cccc(Cl)c2)o1. The van der Waals surface area contributed by atoms with Gasteiger partial charge in [-0.1, -0.05) is 23.7 Å². The number of nitro groups is 1. The third-order valence-corrected chi connectivity index (χ3v) is 7.19. The van der Waals surface area contributed by atoms with E-state index in [9.17, 15) is 14.9 Å². The lowest BCUT2D eigenvalue weighted by molar-refractivity contribution is -0.384. The van der Waals surface area contributed by atoms with E-state index in [0.717, 1.165) is 11.3 Å². The second kappa shape index (κ2) is 11.4. The number of piperazine rings is 1. The van der Waals surface area contributed by atoms with Gasteiger partial charge in [-0.15, -0.1) is 0 Å². The molecule has 2 aromatic carbocycles. The summed E-state index contributed by atoms with van der Waals surface area (Å²) >= 11 is 11.5. The molecule has 1 N–H and O–H groups in total. The van der Waals surface area contributed by atoms with Crippen LogP contribution in [0.4, 0.5) is 17.1 Å². The number of furan rings is 1. The Kier molecular flexibility index (Phi) is 7.77. The maximum absolute atomic E-state index is 12.7. The first-order chi connectivity index (χ1) is 18.4. The lowest BCUT2D eigenvalue weighted by Crippen LogP contribution is -2.52. The van der Waals surface area contributed by atoms with Gasteiger partial charge in [0.1, 0.15) is 11.4 Å². The van der Waals surface area contributed by atoms with Gasteiger partial charge in [0.05, 0.1) is 18.1 Å². The number of amides is 1. The van der Waals surface area contributed by atoms with Crippen LogP contribution < -0.4 is 15.1 Å². The minimum absolute atomic E-state index is 0.0922. The molecule has 10 nitrogen and oxygen atoms in total. The van der Waals surface area contributed by atoms with Crippen molar-refractivity contribution >= 4 is 51.9 Å². The van der Waals surface area contributed by atoms with Gasteiger partial charge in [0.2, 0.25) is 0 Å². The van der Waals surface area contributed by atoms with E-state index in [1.807, 2.05) is 28.0 Å². The Morgan fingerprint density at radius 3 is 2.45 bits per heavy atom. The van der Waals surface area contributed by atoms with Gasteiger partial charge in [-0.05, 0) is 48.6 Å². The lowest BCUT2D eigenvalue weighted by atomic mass is 10.1. The molecule has 2 fully saturated rings. The number of rotatable bonds is 5. The molecule has 38 heavy (non-hydrogen) atoms. The normalized spacial score (nSPS) is 15.9. The molecule has 12 heteroatoms. The molecule has 198 valence electrons. The van der Waals surface area contributed by atoms with Crippen molar-refractivity contribution < 1.29 is 18.9 Å². The summed E-state index contributed by atoms with van der Waals surface area (Å²) < 4.78 is 11.1. The minimum Gasteiger partial charge on any atom is -0.451 e. The number of nitro benzene ring substituents is 1. The predicted molar refractivity (Wildman–Crippen MR) is 149 cm³/mol. The van der Waals surface area contributed by atoms with E-state index in [0.29, 0.717) is 74.1 Å². The van der Waals surface area contributed by atoms with Gasteiger partial charge < -0.3 is 23.9 Å². The topological polar surface area (TPSA) is 104 Å². The Hall–Kier alpha value is -3.67. The van der Waals surface area contributed by atoms with Crippen LogP contribution in [0.3, 0.4) is 0 Å². The van der Waals surface area contributed by atoms with Crippen molar-refractivity contribution in [2.24, 2.45) is 0 Å². The number of halogens is 1. The molecule has 0 aliphatic carbocycles. The summed E-state index contributed by atoms with van der Waals surface area (Å²) in [6.07, 6.45) is 0. The van der Waals surface area contributed by atoms with E-state index in [4.69, 9.17) is 33.0 Å². The molecule has 3 heterocycles. The number of carbonyl (C=O) groups is 1. The van der Waals surface area contributed by atoms with Gasteiger partial charge in [-0.3, -0.25) is 20.2 Å². The summed E-state index contributed by atoms with van der Waals surface area (Å²) in [4.78, 5) is 30.1. The molecular formula is C26H26ClN5O5S. The van der Waals surface area contributed by atoms with Gasteiger partial charge in [0, 0.05) is 61.6 Å². The predicted octanol–water partition coefficient (Wildman–Crippen LogP) is 4.18. The summed E-state index contributed by atoms with van der Waals surface area (Å²) in [7, 11) is 0. The number of carbonyl (C=O) groups excluding carboxylic acids is 1. The van der Waals surface area contributed by atoms with Gasteiger partial charge >= 0.3 is 0 Å². The molecule has 2 aliphatic heterocycles. The lowest BCUT2D eigenvalue weighted by Gasteiger charge is -2.37. The van der Waals surface area contributed by atoms with Crippen molar-refractivity contribution in [1.82, 2.24) is 10.2 Å². The van der Waals surface area contributed by atoms with Gasteiger partial charge in [0.25, 0.3) is 11.6 Å². The highest BCUT2D eigenvalue weighted by atomic mass is 35.5. The van der Waals surface area contributed by atoms with Crippen LogP contribution in [-0.4, -0.2) is 73.3 Å². The molecular weight excluding hydrogens is 530 g/mol. The summed E-state index contributed by atoms with van der Waals surface area (Å²) in [5.41, 5.74) is 2.39. The summed E-state index contributed by atoms with van der Waals surface area (Å²) in [5.74, 6) is 0.274. The molecule has 3 aromatic rings. The summed E-state index contributed by atoms with van der Waals surface area (Å²) in [5, 5.41) is 15.3. The highest BCUT2D eigenvalue weighted by Crippen LogP contribution is 2.33. The zero-order valence-electron chi connectivity index (χ0n) is 20.5. The van der Waals surface area contributed by atoms with Crippen molar-refractivity contribution in [2.45, 2.75) is 0 Å². The summed E-state index contributed by atoms with van der Waals surface area (Å²) in [6, 6.07) is 15.8. The van der Waals surface area contributed by atoms with Crippen molar-refractivity contribution in [3.63, 3.8) is 0 Å². The number of nitrogens with zero attached hydrogens (tertiary/aromatic N) is 4. The number of benzene rings is 2. The third-order valence-electron chi connectivity index (χ3n) is 6.60. The number of ether oxygens (including phenoxy) is 1. The number of anilines is 2. The van der Waals surface area contributed by atoms with E-state index in [-0.39, 0.29) is 16.4 Å². The molecule has 0 saturated carbocycles. The first-order valence-corrected chi connectivity index (χ1v) is 13.0. The van der Waals surface area contributed by atoms with Gasteiger partial charge in [-0.25, -0.2) is 0 Å². The van der Waals surface area contributed by atoms with Crippen LogP contribution in [0.25, 0.3) is 11.3 Å². The number of morpholine rings is 1. The standard InChI is InChI=1S/C26H26ClN5O5S/c27-19-3-1-2-18(16-19)23-6-7-24(37-23)25(33)28-26(38)31-10-8-29(9-11-31)20-4-5-21(32(34)35)22(17-20)30-12-14-36-15-13-30/h1-7,16-17H,8-15H2,(H,28,33,38). The maximum atomic E-state index is 12.7. The first kappa shape index (κ1) is 26.0. The molecule has 2 aliphatic rings. The van der Waals surface area contributed by atoms with Gasteiger partial charge in [-0.2, -0.15) is 0 Å². The second-order valence-electron chi connectivity index (χ2n) is 8.94. The zero-order valence-corrected chi connectivity index (χ0v) is 22.0. The molecule has 0 bridgehead atoms. The van der Waals surface area contributed by atoms with Crippen molar-refractivity contribution in [3.8, 4) is 11.3 Å². The van der Waals surface area contributed by atoms with E-state index >= 15 is 0 Å². The van der Waals surface area contributed by atoms with Crippen LogP contribution in [-0.2, 0) is 4.74 Å². The smallest absolute Gasteiger partial charge is 0.293 e. The van der Waals surface area contributed by atoms with Crippen molar-refractivity contribution in [3.05, 3.63) is 75.5 Å². The average molecular weight is 556 g/mol. The minimum atomic E-state index is -0.420. The van der Waals surface area contributed by atoms with Crippen LogP contribution in [0.15, 0.2) is 59.0 Å². The van der Waals surface area contributed by atoms with E-state index in [1.54, 1.807) is 36.4 Å². The third kappa shape index (κ3) is 5.74. The van der Waals surface area contributed by atoms with Gasteiger partial charge in [0.15, 0.2) is 10.9 Å². The van der Waals surface area contributed by atoms with Crippen molar-refractivity contribution in [1.29, 1.82) is 0 Å². The quantitative estimate of drug-likeness (QED) is 0.282. The van der Waals surface area contributed by atoms with Crippen LogP contribution in [0.1, 0.15) is 10.6 Å². The Morgan fingerprint density at radius 2 is 1.74 bits per heavy atom. The highest BCUT2D eigenvalue weighted by molar-refractivity contribution is 7.80. The van der Waals surface area contributed by atoms with Crippen LogP contribution in [0.5, 0.6) is 0 Å². The number of hydrogen-bond acceptors (Lipinski definition) is 8. The Labute approximate surface area is 229 Å². The Bertz CT molecular complexity index is 1350. The summed E-state index contributed by atoms with van der Waals surface area (Å²) in [6.45, 7) is 4.80. The Morgan fingerprint density at radius 1 is 0.974 bits per heavy atom. The second-order valence-corrected chi connectivity index (χ2v) is 9.76. The fraction of sp³-hybridized carbons (Fsp3) is 0.308. The molecule has 2 saturated heterocycles. The largest absolute Gasteiger partial charge is 0.451 e. The molecule has 0 radical (unpaired) electrons. The van der Waals surface area contributed by atoms with Crippen molar-refractivity contribution in [2.75, 3.05) is 62.3 Å². The maximum Gasteiger partial charge on any atom is 0.293 e. The van der Waals surface area contributed by atoms with E-state index in [2.05, 4.69) is 10.2 Å². The molecule has 0 unspecified atom stereocenters. The molecule has 5 rings (SSSR count). The van der Waals surface area contributed by atoms with Crippen LogP contribution in [0, 0.1) is 10.1 Å². The molecule has 0 spiro atoms. The van der Waals surface area contributed by atoms with Crippen LogP contribution >= 0.6 is 23.8 Å². The fourth-order valence-electron chi connectivity index (χ4n) is 4.58. The van der Waals surface area contributed by atoms with E-state index < -0.39 is 5.91 Å². The van der Waals surface area contributed by atoms with Crippen LogP contribution in [0.2, 0.25) is 5.02 Å². The monoisotopic (exact) mass is 555 g/mol. The number of nitrogens with one attached hydrogen (secondary N) is 1. The average Bonchev–Trinajstić information content (AvgIpc) is 3.44. The number of hydrogen-bond donors (Lipinski definition) is 1. The van der Waals surface area contributed by atoms with E-state index in [1.165, 1.54) is 0 Å². The Balaban J connectivity index is 1.19. The highest BCUT2D eigenvalue weighted by Gasteiger charge is 2.26. The zero-order chi connectivity index (χ0) is 26.6. The fourth-order valence-corrected chi connectivity index (χ4v) is 5.05. The molecule has 1 aromatic heterocycles. The first-order valence-electron chi connectivity index (χ1n) is 12.2. The number of thiocarbonyl (C=S) groups is 1.